The normalized spacial score (nSPS) is 16.4. The zero-order valence-corrected chi connectivity index (χ0v) is 7.27. The summed E-state index contributed by atoms with van der Waals surface area (Å²) in [5, 5.41) is 19.0. The number of hydrogen-bond acceptors (Lipinski definition) is 3. The minimum Gasteiger partial charge on any atom is -0.466 e. The van der Waals surface area contributed by atoms with Crippen molar-refractivity contribution in [2.24, 2.45) is 5.92 Å². The smallest absolute Gasteiger partial charge is 0.138 e. The highest BCUT2D eigenvalue weighted by atomic mass is 16.4. The summed E-state index contributed by atoms with van der Waals surface area (Å²) in [4.78, 5) is 0. The van der Waals surface area contributed by atoms with Gasteiger partial charge in [-0.3, -0.25) is 0 Å². The van der Waals surface area contributed by atoms with Crippen LogP contribution in [-0.2, 0) is 0 Å². The Hall–Kier alpha value is -0.800. The van der Waals surface area contributed by atoms with Crippen LogP contribution in [0.3, 0.4) is 0 Å². The number of rotatable bonds is 3. The third-order valence-corrected chi connectivity index (χ3v) is 1.84. The SMILES string of the molecule is CC(C)[C@H](O)[C@@H](O)c1ccco1. The summed E-state index contributed by atoms with van der Waals surface area (Å²) in [6.07, 6.45) is -0.206. The molecule has 1 aromatic rings. The van der Waals surface area contributed by atoms with E-state index in [1.54, 1.807) is 12.1 Å². The van der Waals surface area contributed by atoms with Gasteiger partial charge < -0.3 is 14.6 Å². The van der Waals surface area contributed by atoms with E-state index in [9.17, 15) is 10.2 Å². The van der Waals surface area contributed by atoms with E-state index in [2.05, 4.69) is 0 Å². The molecule has 0 saturated carbocycles. The largest absolute Gasteiger partial charge is 0.466 e. The molecule has 0 amide bonds. The Morgan fingerprint density at radius 1 is 1.33 bits per heavy atom. The van der Waals surface area contributed by atoms with Gasteiger partial charge in [-0.15, -0.1) is 0 Å². The summed E-state index contributed by atoms with van der Waals surface area (Å²) in [6.45, 7) is 3.69. The minimum atomic E-state index is -0.917. The zero-order valence-electron chi connectivity index (χ0n) is 7.27. The van der Waals surface area contributed by atoms with Crippen molar-refractivity contribution in [1.82, 2.24) is 0 Å². The molecule has 0 aliphatic rings. The Morgan fingerprint density at radius 2 is 2.00 bits per heavy atom. The van der Waals surface area contributed by atoms with Gasteiger partial charge in [0.1, 0.15) is 11.9 Å². The van der Waals surface area contributed by atoms with Crippen LogP contribution in [0.1, 0.15) is 25.7 Å². The van der Waals surface area contributed by atoms with E-state index >= 15 is 0 Å². The van der Waals surface area contributed by atoms with Gasteiger partial charge in [-0.05, 0) is 18.1 Å². The van der Waals surface area contributed by atoms with E-state index in [4.69, 9.17) is 4.42 Å². The molecule has 1 heterocycles. The van der Waals surface area contributed by atoms with Crippen LogP contribution in [0.25, 0.3) is 0 Å². The first-order valence-corrected chi connectivity index (χ1v) is 4.02. The molecule has 0 aromatic carbocycles. The number of aliphatic hydroxyl groups is 2. The summed E-state index contributed by atoms with van der Waals surface area (Å²) < 4.78 is 4.96. The molecule has 1 aromatic heterocycles. The maximum atomic E-state index is 9.50. The van der Waals surface area contributed by atoms with Gasteiger partial charge in [-0.2, -0.15) is 0 Å². The molecule has 2 N–H and O–H groups in total. The molecule has 3 nitrogen and oxygen atoms in total. The molecule has 0 radical (unpaired) electrons. The van der Waals surface area contributed by atoms with Crippen molar-refractivity contribution in [2.45, 2.75) is 26.1 Å². The third kappa shape index (κ3) is 1.87. The van der Waals surface area contributed by atoms with Crippen LogP contribution in [0, 0.1) is 5.92 Å². The van der Waals surface area contributed by atoms with Crippen molar-refractivity contribution in [2.75, 3.05) is 0 Å². The highest BCUT2D eigenvalue weighted by molar-refractivity contribution is 5.03. The maximum absolute atomic E-state index is 9.50. The van der Waals surface area contributed by atoms with Gasteiger partial charge in [0.25, 0.3) is 0 Å². The lowest BCUT2D eigenvalue weighted by molar-refractivity contribution is -0.0204. The predicted molar refractivity (Wildman–Crippen MR) is 44.5 cm³/mol. The van der Waals surface area contributed by atoms with Gasteiger partial charge in [0.15, 0.2) is 0 Å². The van der Waals surface area contributed by atoms with Crippen molar-refractivity contribution in [1.29, 1.82) is 0 Å². The average Bonchev–Trinajstić information content (AvgIpc) is 2.53. The maximum Gasteiger partial charge on any atom is 0.138 e. The Bertz CT molecular complexity index is 216. The van der Waals surface area contributed by atoms with Crippen LogP contribution >= 0.6 is 0 Å². The van der Waals surface area contributed by atoms with E-state index in [-0.39, 0.29) is 5.92 Å². The topological polar surface area (TPSA) is 53.6 Å². The van der Waals surface area contributed by atoms with Crippen molar-refractivity contribution >= 4 is 0 Å². The zero-order chi connectivity index (χ0) is 9.14. The van der Waals surface area contributed by atoms with E-state index in [0.29, 0.717) is 5.76 Å². The second kappa shape index (κ2) is 3.74. The van der Waals surface area contributed by atoms with Crippen molar-refractivity contribution < 1.29 is 14.6 Å². The number of hydrogen-bond donors (Lipinski definition) is 2. The lowest BCUT2D eigenvalue weighted by Gasteiger charge is -2.18. The number of furan rings is 1. The lowest BCUT2D eigenvalue weighted by Crippen LogP contribution is -2.23. The van der Waals surface area contributed by atoms with E-state index in [1.807, 2.05) is 13.8 Å². The highest BCUT2D eigenvalue weighted by Crippen LogP contribution is 2.21. The van der Waals surface area contributed by atoms with Crippen LogP contribution in [0.4, 0.5) is 0 Å². The van der Waals surface area contributed by atoms with E-state index in [1.165, 1.54) is 6.26 Å². The van der Waals surface area contributed by atoms with Crippen LogP contribution in [-0.4, -0.2) is 16.3 Å². The Labute approximate surface area is 71.6 Å². The Balaban J connectivity index is 2.65. The van der Waals surface area contributed by atoms with Gasteiger partial charge in [-0.25, -0.2) is 0 Å². The van der Waals surface area contributed by atoms with Gasteiger partial charge in [0, 0.05) is 0 Å². The molecular weight excluding hydrogens is 156 g/mol. The average molecular weight is 170 g/mol. The fourth-order valence-corrected chi connectivity index (χ4v) is 0.992. The molecule has 0 aliphatic carbocycles. The fourth-order valence-electron chi connectivity index (χ4n) is 0.992. The van der Waals surface area contributed by atoms with E-state index in [0.717, 1.165) is 0 Å². The molecule has 0 bridgehead atoms. The second-order valence-electron chi connectivity index (χ2n) is 3.19. The summed E-state index contributed by atoms with van der Waals surface area (Å²) >= 11 is 0. The second-order valence-corrected chi connectivity index (χ2v) is 3.19. The predicted octanol–water partition coefficient (Wildman–Crippen LogP) is 1.33. The van der Waals surface area contributed by atoms with Crippen LogP contribution in [0.5, 0.6) is 0 Å². The first kappa shape index (κ1) is 9.29. The molecular formula is C9H14O3. The standard InChI is InChI=1S/C9H14O3/c1-6(2)8(10)9(11)7-4-3-5-12-7/h3-6,8-11H,1-2H3/t8-,9-/m0/s1. The van der Waals surface area contributed by atoms with Gasteiger partial charge >= 0.3 is 0 Å². The highest BCUT2D eigenvalue weighted by Gasteiger charge is 2.23. The number of aliphatic hydroxyl groups excluding tert-OH is 2. The van der Waals surface area contributed by atoms with Crippen LogP contribution < -0.4 is 0 Å². The molecule has 0 spiro atoms. The van der Waals surface area contributed by atoms with Crippen molar-refractivity contribution in [3.63, 3.8) is 0 Å². The van der Waals surface area contributed by atoms with Gasteiger partial charge in [0.05, 0.1) is 12.4 Å². The van der Waals surface area contributed by atoms with Gasteiger partial charge in [-0.1, -0.05) is 13.8 Å². The summed E-state index contributed by atoms with van der Waals surface area (Å²) in [5.41, 5.74) is 0. The van der Waals surface area contributed by atoms with Crippen molar-refractivity contribution in [3.05, 3.63) is 24.2 Å². The first-order valence-electron chi connectivity index (χ1n) is 4.02. The molecule has 0 unspecified atom stereocenters. The third-order valence-electron chi connectivity index (χ3n) is 1.84. The van der Waals surface area contributed by atoms with Crippen molar-refractivity contribution in [3.8, 4) is 0 Å². The lowest BCUT2D eigenvalue weighted by atomic mass is 10.0. The minimum absolute atomic E-state index is 0.0186. The molecule has 0 fully saturated rings. The summed E-state index contributed by atoms with van der Waals surface area (Å²) in [6, 6.07) is 3.34. The molecule has 2 atom stereocenters. The summed E-state index contributed by atoms with van der Waals surface area (Å²) in [5.74, 6) is 0.432. The fraction of sp³-hybridized carbons (Fsp3) is 0.556. The molecule has 1 rings (SSSR count). The van der Waals surface area contributed by atoms with Crippen LogP contribution in [0.2, 0.25) is 0 Å². The quantitative estimate of drug-likeness (QED) is 0.719. The molecule has 12 heavy (non-hydrogen) atoms. The van der Waals surface area contributed by atoms with Gasteiger partial charge in [0.2, 0.25) is 0 Å². The Morgan fingerprint density at radius 3 is 2.42 bits per heavy atom. The van der Waals surface area contributed by atoms with E-state index < -0.39 is 12.2 Å². The van der Waals surface area contributed by atoms with Crippen LogP contribution in [0.15, 0.2) is 22.8 Å². The molecule has 3 heteroatoms. The monoisotopic (exact) mass is 170 g/mol. The Kier molecular flexibility index (Phi) is 2.89. The molecule has 0 saturated heterocycles. The summed E-state index contributed by atoms with van der Waals surface area (Å²) in [7, 11) is 0. The first-order chi connectivity index (χ1) is 5.63. The molecule has 68 valence electrons. The molecule has 0 aliphatic heterocycles.